The lowest BCUT2D eigenvalue weighted by molar-refractivity contribution is -0.142. The van der Waals surface area contributed by atoms with Crippen molar-refractivity contribution in [2.24, 2.45) is 0 Å². The molecule has 0 saturated heterocycles. The normalized spacial score (nSPS) is 13.7. The average Bonchev–Trinajstić information content (AvgIpc) is 2.46. The van der Waals surface area contributed by atoms with Crippen LogP contribution in [0.5, 0.6) is 0 Å². The molecule has 0 bridgehead atoms. The molecular weight excluding hydrogens is 272 g/mol. The van der Waals surface area contributed by atoms with E-state index in [4.69, 9.17) is 5.11 Å². The van der Waals surface area contributed by atoms with Crippen LogP contribution in [0.4, 0.5) is 0 Å². The summed E-state index contributed by atoms with van der Waals surface area (Å²) in [6.07, 6.45) is -0.234. The minimum absolute atomic E-state index is 0.334. The summed E-state index contributed by atoms with van der Waals surface area (Å²) < 4.78 is 0. The molecule has 116 valence electrons. The summed E-state index contributed by atoms with van der Waals surface area (Å²) in [6, 6.07) is 8.09. The molecule has 0 spiro atoms. The molecule has 1 rings (SSSR count). The molecule has 0 saturated carbocycles. The van der Waals surface area contributed by atoms with Gasteiger partial charge in [-0.2, -0.15) is 0 Å². The summed E-state index contributed by atoms with van der Waals surface area (Å²) >= 11 is 0. The number of hydrogen-bond donors (Lipinski definition) is 3. The molecule has 6 nitrogen and oxygen atoms in total. The van der Waals surface area contributed by atoms with Crippen LogP contribution in [0.3, 0.4) is 0 Å². The number of aliphatic hydroxyl groups excluding tert-OH is 1. The van der Waals surface area contributed by atoms with E-state index in [1.807, 2.05) is 0 Å². The van der Waals surface area contributed by atoms with Crippen molar-refractivity contribution >= 4 is 11.9 Å². The topological polar surface area (TPSA) is 89.9 Å². The molecular formula is C15H22N2O4. The van der Waals surface area contributed by atoms with Crippen LogP contribution in [0, 0.1) is 0 Å². The van der Waals surface area contributed by atoms with E-state index < -0.39 is 24.0 Å². The minimum atomic E-state index is -1.20. The largest absolute Gasteiger partial charge is 0.480 e. The zero-order valence-electron chi connectivity index (χ0n) is 12.3. The lowest BCUT2D eigenvalue weighted by Gasteiger charge is -2.20. The molecule has 1 aromatic carbocycles. The van der Waals surface area contributed by atoms with Gasteiger partial charge in [0.2, 0.25) is 0 Å². The van der Waals surface area contributed by atoms with Crippen LogP contribution in [0.15, 0.2) is 30.3 Å². The van der Waals surface area contributed by atoms with Gasteiger partial charge in [0, 0.05) is 6.54 Å². The number of carboxylic acids is 1. The molecule has 1 aromatic rings. The van der Waals surface area contributed by atoms with E-state index in [-0.39, 0.29) is 0 Å². The second kappa shape index (κ2) is 8.39. The third kappa shape index (κ3) is 5.53. The Morgan fingerprint density at radius 1 is 1.24 bits per heavy atom. The highest BCUT2D eigenvalue weighted by Crippen LogP contribution is 2.11. The molecule has 21 heavy (non-hydrogen) atoms. The summed E-state index contributed by atoms with van der Waals surface area (Å²) in [7, 11) is 3.41. The number of benzene rings is 1. The fourth-order valence-corrected chi connectivity index (χ4v) is 1.99. The summed E-state index contributed by atoms with van der Waals surface area (Å²) in [6.45, 7) is 0.334. The summed E-state index contributed by atoms with van der Waals surface area (Å²) in [5.74, 6) is -1.35. The van der Waals surface area contributed by atoms with Gasteiger partial charge >= 0.3 is 5.97 Å². The minimum Gasteiger partial charge on any atom is -0.480 e. The van der Waals surface area contributed by atoms with E-state index in [2.05, 4.69) is 5.32 Å². The number of hydrogen-bond acceptors (Lipinski definition) is 4. The van der Waals surface area contributed by atoms with Gasteiger partial charge in [0.15, 0.2) is 6.10 Å². The maximum Gasteiger partial charge on any atom is 0.320 e. The van der Waals surface area contributed by atoms with Gasteiger partial charge in [0.25, 0.3) is 5.91 Å². The predicted molar refractivity (Wildman–Crippen MR) is 78.8 cm³/mol. The first-order valence-corrected chi connectivity index (χ1v) is 6.83. The van der Waals surface area contributed by atoms with Gasteiger partial charge in [0.05, 0.1) is 0 Å². The van der Waals surface area contributed by atoms with Gasteiger partial charge < -0.3 is 15.5 Å². The van der Waals surface area contributed by atoms with E-state index in [1.54, 1.807) is 49.3 Å². The second-order valence-electron chi connectivity index (χ2n) is 5.06. The summed E-state index contributed by atoms with van der Waals surface area (Å²) in [5, 5.41) is 21.5. The maximum absolute atomic E-state index is 11.8. The van der Waals surface area contributed by atoms with Crippen molar-refractivity contribution in [3.05, 3.63) is 35.9 Å². The van der Waals surface area contributed by atoms with E-state index >= 15 is 0 Å². The van der Waals surface area contributed by atoms with E-state index in [1.165, 1.54) is 0 Å². The molecule has 0 aliphatic carbocycles. The smallest absolute Gasteiger partial charge is 0.320 e. The number of aliphatic hydroxyl groups is 1. The Kier molecular flexibility index (Phi) is 6.84. The van der Waals surface area contributed by atoms with Crippen molar-refractivity contribution in [2.45, 2.75) is 25.0 Å². The quantitative estimate of drug-likeness (QED) is 0.612. The first kappa shape index (κ1) is 17.1. The van der Waals surface area contributed by atoms with Gasteiger partial charge in [0.1, 0.15) is 6.04 Å². The standard InChI is InChI=1S/C15H22N2O4/c1-17(2)12(15(20)21)9-6-10-16-14(19)13(18)11-7-4-3-5-8-11/h3-5,7-8,12-13,18H,6,9-10H2,1-2H3,(H,16,19)(H,20,21). The van der Waals surface area contributed by atoms with Crippen molar-refractivity contribution in [3.8, 4) is 0 Å². The summed E-state index contributed by atoms with van der Waals surface area (Å²) in [5.41, 5.74) is 0.534. The Bertz CT molecular complexity index is 462. The number of amides is 1. The fraction of sp³-hybridized carbons (Fsp3) is 0.467. The molecule has 3 N–H and O–H groups in total. The Hall–Kier alpha value is -1.92. The first-order chi connectivity index (χ1) is 9.93. The van der Waals surface area contributed by atoms with Gasteiger partial charge in [-0.15, -0.1) is 0 Å². The molecule has 0 aromatic heterocycles. The molecule has 0 aliphatic heterocycles. The van der Waals surface area contributed by atoms with Crippen LogP contribution < -0.4 is 5.32 Å². The van der Waals surface area contributed by atoms with Gasteiger partial charge in [-0.25, -0.2) is 0 Å². The number of carbonyl (C=O) groups excluding carboxylic acids is 1. The predicted octanol–water partition coefficient (Wildman–Crippen LogP) is 0.631. The average molecular weight is 294 g/mol. The number of carbonyl (C=O) groups is 2. The third-order valence-electron chi connectivity index (χ3n) is 3.23. The SMILES string of the molecule is CN(C)C(CCCNC(=O)C(O)c1ccccc1)C(=O)O. The highest BCUT2D eigenvalue weighted by atomic mass is 16.4. The molecule has 0 radical (unpaired) electrons. The Morgan fingerprint density at radius 3 is 2.38 bits per heavy atom. The maximum atomic E-state index is 11.8. The molecule has 6 heteroatoms. The number of rotatable bonds is 8. The molecule has 2 atom stereocenters. The van der Waals surface area contributed by atoms with Crippen LogP contribution in [-0.4, -0.2) is 53.7 Å². The Balaban J connectivity index is 2.35. The van der Waals surface area contributed by atoms with Gasteiger partial charge in [-0.1, -0.05) is 30.3 Å². The number of nitrogens with zero attached hydrogens (tertiary/aromatic N) is 1. The first-order valence-electron chi connectivity index (χ1n) is 6.83. The lowest BCUT2D eigenvalue weighted by Crippen LogP contribution is -2.37. The molecule has 0 heterocycles. The molecule has 0 aliphatic rings. The van der Waals surface area contributed by atoms with Gasteiger partial charge in [-0.3, -0.25) is 14.5 Å². The Morgan fingerprint density at radius 2 is 1.86 bits per heavy atom. The lowest BCUT2D eigenvalue weighted by atomic mass is 10.1. The zero-order valence-corrected chi connectivity index (χ0v) is 12.3. The van der Waals surface area contributed by atoms with Crippen molar-refractivity contribution < 1.29 is 19.8 Å². The third-order valence-corrected chi connectivity index (χ3v) is 3.23. The van der Waals surface area contributed by atoms with Crippen molar-refractivity contribution in [1.29, 1.82) is 0 Å². The number of aliphatic carboxylic acids is 1. The van der Waals surface area contributed by atoms with Gasteiger partial charge in [-0.05, 0) is 32.5 Å². The number of carboxylic acid groups (broad SMARTS) is 1. The highest BCUT2D eigenvalue weighted by Gasteiger charge is 2.20. The van der Waals surface area contributed by atoms with Crippen LogP contribution in [0.2, 0.25) is 0 Å². The van der Waals surface area contributed by atoms with Crippen LogP contribution >= 0.6 is 0 Å². The molecule has 1 amide bonds. The van der Waals surface area contributed by atoms with Crippen molar-refractivity contribution in [3.63, 3.8) is 0 Å². The molecule has 0 fully saturated rings. The van der Waals surface area contributed by atoms with E-state index in [0.29, 0.717) is 24.9 Å². The monoisotopic (exact) mass is 294 g/mol. The zero-order chi connectivity index (χ0) is 15.8. The van der Waals surface area contributed by atoms with Crippen LogP contribution in [0.25, 0.3) is 0 Å². The number of nitrogens with one attached hydrogen (secondary N) is 1. The van der Waals surface area contributed by atoms with E-state index in [9.17, 15) is 14.7 Å². The van der Waals surface area contributed by atoms with Crippen molar-refractivity contribution in [1.82, 2.24) is 10.2 Å². The van der Waals surface area contributed by atoms with Crippen LogP contribution in [0.1, 0.15) is 24.5 Å². The second-order valence-corrected chi connectivity index (χ2v) is 5.06. The molecule has 2 unspecified atom stereocenters. The Labute approximate surface area is 124 Å². The highest BCUT2D eigenvalue weighted by molar-refractivity contribution is 5.81. The van der Waals surface area contributed by atoms with Crippen molar-refractivity contribution in [2.75, 3.05) is 20.6 Å². The number of likely N-dealkylation sites (N-methyl/N-ethyl adjacent to an activating group) is 1. The summed E-state index contributed by atoms with van der Waals surface area (Å²) in [4.78, 5) is 24.4. The van der Waals surface area contributed by atoms with Crippen LogP contribution in [-0.2, 0) is 9.59 Å². The fourth-order valence-electron chi connectivity index (χ4n) is 1.99. The van der Waals surface area contributed by atoms with E-state index in [0.717, 1.165) is 0 Å².